The molecule has 2 heterocycles. The molecule has 176 valence electrons. The molecular weight excluding hydrogens is 453 g/mol. The molecule has 0 radical (unpaired) electrons. The minimum Gasteiger partial charge on any atom is -0.475 e. The average Bonchev–Trinajstić information content (AvgIpc) is 2.83. The molecule has 0 spiro atoms. The van der Waals surface area contributed by atoms with Crippen molar-refractivity contribution in [2.24, 2.45) is 5.73 Å². The number of thioether (sulfide) groups is 1. The molecule has 1 aromatic heterocycles. The summed E-state index contributed by atoms with van der Waals surface area (Å²) in [4.78, 5) is 21.6. The molecule has 0 unspecified atom stereocenters. The Kier molecular flexibility index (Phi) is 8.15. The minimum absolute atomic E-state index is 0.584. The summed E-state index contributed by atoms with van der Waals surface area (Å²) in [5, 5.41) is 8.28. The molecule has 4 rings (SSSR count). The smallest absolute Gasteiger partial charge is 0.475 e. The fourth-order valence-electron chi connectivity index (χ4n) is 3.92. The van der Waals surface area contributed by atoms with Crippen molar-refractivity contribution in [3.05, 3.63) is 59.9 Å². The van der Waals surface area contributed by atoms with Crippen LogP contribution >= 0.6 is 11.8 Å². The van der Waals surface area contributed by atoms with Gasteiger partial charge in [-0.15, -0.1) is 11.8 Å². The molecule has 3 aromatic rings. The maximum Gasteiger partial charge on any atom is 0.490 e. The van der Waals surface area contributed by atoms with Crippen LogP contribution in [0.4, 0.5) is 19.0 Å². The van der Waals surface area contributed by atoms with Gasteiger partial charge in [0.25, 0.3) is 0 Å². The third-order valence-corrected chi connectivity index (χ3v) is 6.30. The molecule has 2 aromatic carbocycles. The van der Waals surface area contributed by atoms with Gasteiger partial charge >= 0.3 is 12.1 Å². The summed E-state index contributed by atoms with van der Waals surface area (Å²) in [6.45, 7) is 2.64. The van der Waals surface area contributed by atoms with Crippen molar-refractivity contribution >= 4 is 34.5 Å². The van der Waals surface area contributed by atoms with Crippen LogP contribution < -0.4 is 10.6 Å². The highest BCUT2D eigenvalue weighted by Crippen LogP contribution is 2.34. The Bertz CT molecular complexity index is 1100. The van der Waals surface area contributed by atoms with Crippen molar-refractivity contribution in [1.29, 1.82) is 0 Å². The Morgan fingerprint density at radius 3 is 2.45 bits per heavy atom. The average molecular weight is 479 g/mol. The second kappa shape index (κ2) is 10.8. The summed E-state index contributed by atoms with van der Waals surface area (Å²) in [5.41, 5.74) is 9.66. The Morgan fingerprint density at radius 1 is 1.18 bits per heavy atom. The SMILES string of the molecule is CSc1ccc2ncnc(N3CCC(c4ccccc4CN)CC3)c2c1.O=C(O)C(F)(F)F. The largest absolute Gasteiger partial charge is 0.490 e. The number of alkyl halides is 3. The summed E-state index contributed by atoms with van der Waals surface area (Å²) in [5.74, 6) is -1.11. The molecule has 1 aliphatic heterocycles. The van der Waals surface area contributed by atoms with Crippen LogP contribution in [0.25, 0.3) is 10.9 Å². The number of aromatic nitrogens is 2. The molecule has 0 bridgehead atoms. The van der Waals surface area contributed by atoms with E-state index in [2.05, 4.69) is 63.6 Å². The quantitative estimate of drug-likeness (QED) is 0.519. The van der Waals surface area contributed by atoms with Crippen LogP contribution in [-0.2, 0) is 11.3 Å². The number of nitrogens with zero attached hydrogens (tertiary/aromatic N) is 3. The molecule has 0 amide bonds. The van der Waals surface area contributed by atoms with Crippen LogP contribution in [0.5, 0.6) is 0 Å². The molecule has 3 N–H and O–H groups in total. The second-order valence-electron chi connectivity index (χ2n) is 7.55. The van der Waals surface area contributed by atoms with E-state index in [1.54, 1.807) is 18.1 Å². The number of carbonyl (C=O) groups is 1. The van der Waals surface area contributed by atoms with E-state index in [-0.39, 0.29) is 0 Å². The fourth-order valence-corrected chi connectivity index (χ4v) is 4.36. The van der Waals surface area contributed by atoms with Crippen molar-refractivity contribution in [2.45, 2.75) is 36.4 Å². The van der Waals surface area contributed by atoms with E-state index in [0.29, 0.717) is 12.5 Å². The van der Waals surface area contributed by atoms with Gasteiger partial charge in [0.1, 0.15) is 12.1 Å². The number of rotatable bonds is 4. The molecular formula is C23H25F3N4O2S. The number of benzene rings is 2. The van der Waals surface area contributed by atoms with Gasteiger partial charge in [0.2, 0.25) is 0 Å². The first-order chi connectivity index (χ1) is 15.7. The van der Waals surface area contributed by atoms with Crippen molar-refractivity contribution < 1.29 is 23.1 Å². The van der Waals surface area contributed by atoms with Crippen molar-refractivity contribution in [2.75, 3.05) is 24.2 Å². The van der Waals surface area contributed by atoms with Crippen LogP contribution in [0.1, 0.15) is 29.9 Å². The zero-order valence-electron chi connectivity index (χ0n) is 18.0. The van der Waals surface area contributed by atoms with Gasteiger partial charge in [-0.05, 0) is 54.3 Å². The Morgan fingerprint density at radius 2 is 1.85 bits per heavy atom. The highest BCUT2D eigenvalue weighted by Gasteiger charge is 2.38. The number of carboxylic acid groups (broad SMARTS) is 1. The predicted molar refractivity (Wildman–Crippen MR) is 124 cm³/mol. The lowest BCUT2D eigenvalue weighted by molar-refractivity contribution is -0.192. The van der Waals surface area contributed by atoms with Crippen molar-refractivity contribution in [3.63, 3.8) is 0 Å². The molecule has 1 saturated heterocycles. The summed E-state index contributed by atoms with van der Waals surface area (Å²) < 4.78 is 31.7. The van der Waals surface area contributed by atoms with Gasteiger partial charge in [0, 0.05) is 29.9 Å². The monoisotopic (exact) mass is 478 g/mol. The predicted octanol–water partition coefficient (Wildman–Crippen LogP) is 4.83. The Hall–Kier alpha value is -2.85. The first-order valence-corrected chi connectivity index (χ1v) is 11.6. The van der Waals surface area contributed by atoms with E-state index in [4.69, 9.17) is 15.6 Å². The highest BCUT2D eigenvalue weighted by atomic mass is 32.2. The van der Waals surface area contributed by atoms with Crippen LogP contribution in [0, 0.1) is 0 Å². The normalized spacial score (nSPS) is 14.6. The second-order valence-corrected chi connectivity index (χ2v) is 8.43. The third-order valence-electron chi connectivity index (χ3n) is 5.57. The Balaban J connectivity index is 0.000000383. The first kappa shape index (κ1) is 24.8. The summed E-state index contributed by atoms with van der Waals surface area (Å²) in [6.07, 6.45) is 0.965. The van der Waals surface area contributed by atoms with Crippen molar-refractivity contribution in [3.8, 4) is 0 Å². The van der Waals surface area contributed by atoms with Gasteiger partial charge in [0.15, 0.2) is 0 Å². The number of nitrogens with two attached hydrogens (primary N) is 1. The molecule has 0 aliphatic carbocycles. The Labute approximate surface area is 194 Å². The van der Waals surface area contributed by atoms with Gasteiger partial charge in [-0.1, -0.05) is 24.3 Å². The number of hydrogen-bond donors (Lipinski definition) is 2. The molecule has 1 fully saturated rings. The summed E-state index contributed by atoms with van der Waals surface area (Å²) in [7, 11) is 0. The summed E-state index contributed by atoms with van der Waals surface area (Å²) in [6, 6.07) is 15.0. The molecule has 6 nitrogen and oxygen atoms in total. The van der Waals surface area contributed by atoms with E-state index >= 15 is 0 Å². The van der Waals surface area contributed by atoms with E-state index in [1.165, 1.54) is 16.0 Å². The van der Waals surface area contributed by atoms with Gasteiger partial charge in [-0.3, -0.25) is 0 Å². The van der Waals surface area contributed by atoms with Gasteiger partial charge < -0.3 is 15.7 Å². The highest BCUT2D eigenvalue weighted by molar-refractivity contribution is 7.98. The fraction of sp³-hybridized carbons (Fsp3) is 0.348. The lowest BCUT2D eigenvalue weighted by atomic mass is 9.86. The van der Waals surface area contributed by atoms with Crippen LogP contribution in [0.15, 0.2) is 53.7 Å². The molecule has 0 saturated carbocycles. The number of halogens is 3. The van der Waals surface area contributed by atoms with Crippen LogP contribution in [0.2, 0.25) is 0 Å². The summed E-state index contributed by atoms with van der Waals surface area (Å²) >= 11 is 1.75. The lowest BCUT2D eigenvalue weighted by Gasteiger charge is -2.34. The van der Waals surface area contributed by atoms with Crippen LogP contribution in [0.3, 0.4) is 0 Å². The number of piperidine rings is 1. The lowest BCUT2D eigenvalue weighted by Crippen LogP contribution is -2.34. The number of hydrogen-bond acceptors (Lipinski definition) is 6. The zero-order valence-corrected chi connectivity index (χ0v) is 18.9. The maximum absolute atomic E-state index is 10.6. The van der Waals surface area contributed by atoms with E-state index in [0.717, 1.165) is 42.7 Å². The van der Waals surface area contributed by atoms with E-state index in [1.807, 2.05) is 0 Å². The number of aliphatic carboxylic acids is 1. The van der Waals surface area contributed by atoms with Crippen molar-refractivity contribution in [1.82, 2.24) is 9.97 Å². The third kappa shape index (κ3) is 6.14. The molecule has 1 aliphatic rings. The topological polar surface area (TPSA) is 92.3 Å². The maximum atomic E-state index is 10.6. The van der Waals surface area contributed by atoms with Gasteiger partial charge in [-0.25, -0.2) is 14.8 Å². The molecule has 33 heavy (non-hydrogen) atoms. The number of fused-ring (bicyclic) bond motifs is 1. The molecule has 0 atom stereocenters. The van der Waals surface area contributed by atoms with Gasteiger partial charge in [-0.2, -0.15) is 13.2 Å². The molecule has 10 heteroatoms. The van der Waals surface area contributed by atoms with E-state index in [9.17, 15) is 13.2 Å². The first-order valence-electron chi connectivity index (χ1n) is 10.4. The van der Waals surface area contributed by atoms with Gasteiger partial charge in [0.05, 0.1) is 5.52 Å². The standard InChI is InChI=1S/C21H24N4S.C2HF3O2/c1-26-17-6-7-20-19(12-17)21(24-14-23-20)25-10-8-15(9-11-25)18-5-3-2-4-16(18)13-22;3-2(4,5)1(6)7/h2-7,12,14-15H,8-11,13,22H2,1H3;(H,6,7). The van der Waals surface area contributed by atoms with E-state index < -0.39 is 12.1 Å². The minimum atomic E-state index is -5.08. The number of anilines is 1. The van der Waals surface area contributed by atoms with Crippen LogP contribution in [-0.4, -0.2) is 46.6 Å². The number of carboxylic acids is 1. The zero-order chi connectivity index (χ0) is 24.0.